The topological polar surface area (TPSA) is 60.4 Å². The fraction of sp³-hybridized carbons (Fsp3) is 0.625. The highest BCUT2D eigenvalue weighted by atomic mass is 32.2. The van der Waals surface area contributed by atoms with Crippen LogP contribution < -0.4 is 0 Å². The lowest BCUT2D eigenvalue weighted by Crippen LogP contribution is -2.30. The fourth-order valence-corrected chi connectivity index (χ4v) is 1.74. The van der Waals surface area contributed by atoms with Crippen molar-refractivity contribution in [3.63, 3.8) is 0 Å². The van der Waals surface area contributed by atoms with Gasteiger partial charge in [-0.05, 0) is 19.9 Å². The molecule has 4 nitrogen and oxygen atoms in total. The Hall–Kier alpha value is -1.05. The van der Waals surface area contributed by atoms with Gasteiger partial charge in [0.2, 0.25) is 0 Å². The van der Waals surface area contributed by atoms with Crippen molar-refractivity contribution in [2.45, 2.75) is 25.8 Å². The van der Waals surface area contributed by atoms with Crippen molar-refractivity contribution >= 4 is 15.9 Å². The van der Waals surface area contributed by atoms with Crippen molar-refractivity contribution in [1.82, 2.24) is 0 Å². The first-order valence-electron chi connectivity index (χ1n) is 4.23. The Labute approximate surface area is 90.2 Å². The average Bonchev–Trinajstić information content (AvgIpc) is 2.29. The van der Waals surface area contributed by atoms with Gasteiger partial charge in [0, 0.05) is 6.42 Å². The maximum atomic E-state index is 12.0. The third kappa shape index (κ3) is 2.06. The minimum absolute atomic E-state index is 0.129. The van der Waals surface area contributed by atoms with E-state index in [9.17, 15) is 26.4 Å². The predicted octanol–water partition coefficient (Wildman–Crippen LogP) is 1.74. The number of carbonyl (C=O) groups excluding carboxylic acids is 1. The highest BCUT2D eigenvalue weighted by Crippen LogP contribution is 2.39. The SMILES string of the molecule is CC1(C)C(=O)CC=C1OS(=O)(=O)C(F)(F)F. The molecule has 0 radical (unpaired) electrons. The molecule has 0 unspecified atom stereocenters. The van der Waals surface area contributed by atoms with Crippen LogP contribution in [0.5, 0.6) is 0 Å². The standard InChI is InChI=1S/C8H9F3O4S/c1-7(2)5(12)3-4-6(7)15-16(13,14)8(9,10)11/h4H,3H2,1-2H3. The number of rotatable bonds is 2. The van der Waals surface area contributed by atoms with Crippen LogP contribution >= 0.6 is 0 Å². The minimum atomic E-state index is -5.70. The molecular formula is C8H9F3O4S. The van der Waals surface area contributed by atoms with Crippen LogP contribution in [0.1, 0.15) is 20.3 Å². The summed E-state index contributed by atoms with van der Waals surface area (Å²) < 4.78 is 61.4. The number of hydrogen-bond acceptors (Lipinski definition) is 4. The van der Waals surface area contributed by atoms with E-state index in [4.69, 9.17) is 0 Å². The van der Waals surface area contributed by atoms with Crippen molar-refractivity contribution in [2.75, 3.05) is 0 Å². The van der Waals surface area contributed by atoms with Crippen LogP contribution in [-0.2, 0) is 19.1 Å². The molecule has 0 saturated heterocycles. The molecule has 0 fully saturated rings. The zero-order valence-corrected chi connectivity index (χ0v) is 9.28. The van der Waals surface area contributed by atoms with Crippen molar-refractivity contribution < 1.29 is 30.6 Å². The number of Topliss-reactive ketones (excluding diaryl/α,β-unsaturated/α-hetero) is 1. The van der Waals surface area contributed by atoms with Gasteiger partial charge in [0.1, 0.15) is 11.5 Å². The summed E-state index contributed by atoms with van der Waals surface area (Å²) in [5, 5.41) is 0. The Balaban J connectivity index is 2.98. The second-order valence-electron chi connectivity index (χ2n) is 3.80. The lowest BCUT2D eigenvalue weighted by Gasteiger charge is -2.20. The number of halogens is 3. The summed E-state index contributed by atoms with van der Waals surface area (Å²) in [5.74, 6) is -0.866. The summed E-state index contributed by atoms with van der Waals surface area (Å²) in [4.78, 5) is 11.2. The van der Waals surface area contributed by atoms with Crippen LogP contribution in [0.25, 0.3) is 0 Å². The Morgan fingerprint density at radius 2 is 1.88 bits per heavy atom. The number of alkyl halides is 3. The van der Waals surface area contributed by atoms with Crippen LogP contribution in [0, 0.1) is 5.41 Å². The van der Waals surface area contributed by atoms with Gasteiger partial charge in [-0.15, -0.1) is 0 Å². The quantitative estimate of drug-likeness (QED) is 0.559. The van der Waals surface area contributed by atoms with E-state index in [1.54, 1.807) is 0 Å². The molecule has 0 bridgehead atoms. The maximum absolute atomic E-state index is 12.0. The molecule has 0 aromatic carbocycles. The third-order valence-electron chi connectivity index (χ3n) is 2.27. The molecule has 8 heteroatoms. The zero-order chi connectivity index (χ0) is 12.8. The Morgan fingerprint density at radius 3 is 2.19 bits per heavy atom. The van der Waals surface area contributed by atoms with E-state index in [2.05, 4.69) is 4.18 Å². The van der Waals surface area contributed by atoms with Gasteiger partial charge in [0.15, 0.2) is 0 Å². The van der Waals surface area contributed by atoms with E-state index in [1.165, 1.54) is 13.8 Å². The number of hydrogen-bond donors (Lipinski definition) is 0. The molecular weight excluding hydrogens is 249 g/mol. The monoisotopic (exact) mass is 258 g/mol. The van der Waals surface area contributed by atoms with Crippen LogP contribution in [0.4, 0.5) is 13.2 Å². The summed E-state index contributed by atoms with van der Waals surface area (Å²) in [5.41, 5.74) is -6.83. The molecule has 1 rings (SSSR count). The van der Waals surface area contributed by atoms with Gasteiger partial charge >= 0.3 is 15.6 Å². The maximum Gasteiger partial charge on any atom is 0.534 e. The molecule has 0 spiro atoms. The van der Waals surface area contributed by atoms with E-state index < -0.39 is 26.8 Å². The largest absolute Gasteiger partial charge is 0.534 e. The highest BCUT2D eigenvalue weighted by molar-refractivity contribution is 7.87. The molecule has 1 aliphatic carbocycles. The van der Waals surface area contributed by atoms with E-state index in [1.807, 2.05) is 0 Å². The lowest BCUT2D eigenvalue weighted by atomic mass is 9.90. The van der Waals surface area contributed by atoms with Gasteiger partial charge in [-0.1, -0.05) is 0 Å². The summed E-state index contributed by atoms with van der Waals surface area (Å²) in [6.45, 7) is 2.61. The van der Waals surface area contributed by atoms with E-state index in [-0.39, 0.29) is 12.2 Å². The van der Waals surface area contributed by atoms with Gasteiger partial charge in [-0.2, -0.15) is 21.6 Å². The van der Waals surface area contributed by atoms with Gasteiger partial charge in [-0.25, -0.2) is 0 Å². The Morgan fingerprint density at radius 1 is 1.38 bits per heavy atom. The van der Waals surface area contributed by atoms with E-state index in [0.717, 1.165) is 6.08 Å². The summed E-state index contributed by atoms with van der Waals surface area (Å²) >= 11 is 0. The summed E-state index contributed by atoms with van der Waals surface area (Å²) in [6.07, 6.45) is 0.918. The lowest BCUT2D eigenvalue weighted by molar-refractivity contribution is -0.124. The predicted molar refractivity (Wildman–Crippen MR) is 47.5 cm³/mol. The molecule has 0 saturated carbocycles. The highest BCUT2D eigenvalue weighted by Gasteiger charge is 2.51. The van der Waals surface area contributed by atoms with Crippen molar-refractivity contribution in [3.8, 4) is 0 Å². The number of allylic oxidation sites excluding steroid dienone is 2. The molecule has 0 aromatic rings. The fourth-order valence-electron chi connectivity index (χ4n) is 1.14. The van der Waals surface area contributed by atoms with Gasteiger partial charge in [-0.3, -0.25) is 4.79 Å². The average molecular weight is 258 g/mol. The molecule has 0 amide bonds. The molecule has 0 atom stereocenters. The first kappa shape index (κ1) is 13.0. The second kappa shape index (κ2) is 3.47. The summed E-state index contributed by atoms with van der Waals surface area (Å²) in [7, 11) is -5.70. The van der Waals surface area contributed by atoms with Crippen molar-refractivity contribution in [1.29, 1.82) is 0 Å². The Kier molecular flexibility index (Phi) is 2.83. The number of ketones is 1. The minimum Gasteiger partial charge on any atom is -0.380 e. The van der Waals surface area contributed by atoms with E-state index in [0.29, 0.717) is 0 Å². The van der Waals surface area contributed by atoms with E-state index >= 15 is 0 Å². The molecule has 0 heterocycles. The zero-order valence-electron chi connectivity index (χ0n) is 8.46. The first-order valence-corrected chi connectivity index (χ1v) is 5.64. The van der Waals surface area contributed by atoms with Gasteiger partial charge in [0.25, 0.3) is 0 Å². The van der Waals surface area contributed by atoms with Crippen molar-refractivity contribution in [3.05, 3.63) is 11.8 Å². The van der Waals surface area contributed by atoms with Crippen LogP contribution in [-0.4, -0.2) is 19.7 Å². The molecule has 1 aliphatic rings. The van der Waals surface area contributed by atoms with Crippen LogP contribution in [0.2, 0.25) is 0 Å². The molecule has 92 valence electrons. The first-order chi connectivity index (χ1) is 6.98. The third-order valence-corrected chi connectivity index (χ3v) is 3.23. The number of carbonyl (C=O) groups is 1. The normalized spacial score (nSPS) is 20.8. The van der Waals surface area contributed by atoms with Crippen LogP contribution in [0.15, 0.2) is 11.8 Å². The molecule has 0 aliphatic heterocycles. The molecule has 16 heavy (non-hydrogen) atoms. The van der Waals surface area contributed by atoms with Crippen molar-refractivity contribution in [2.24, 2.45) is 5.41 Å². The van der Waals surface area contributed by atoms with Gasteiger partial charge < -0.3 is 4.18 Å². The smallest absolute Gasteiger partial charge is 0.380 e. The summed E-state index contributed by atoms with van der Waals surface area (Å²) in [6, 6.07) is 0. The Bertz CT molecular complexity index is 444. The van der Waals surface area contributed by atoms with Crippen LogP contribution in [0.3, 0.4) is 0 Å². The second-order valence-corrected chi connectivity index (χ2v) is 5.34. The van der Waals surface area contributed by atoms with Gasteiger partial charge in [0.05, 0.1) is 5.41 Å². The molecule has 0 N–H and O–H groups in total. The molecule has 0 aromatic heterocycles.